The molecule has 0 aromatic heterocycles. The van der Waals surface area contributed by atoms with Crippen LogP contribution in [0.15, 0.2) is 24.3 Å². The summed E-state index contributed by atoms with van der Waals surface area (Å²) in [6.07, 6.45) is 0.985. The van der Waals surface area contributed by atoms with Crippen molar-refractivity contribution in [1.29, 1.82) is 5.26 Å². The fourth-order valence-electron chi connectivity index (χ4n) is 2.49. The zero-order valence-corrected chi connectivity index (χ0v) is 15.4. The molecule has 0 unspecified atom stereocenters. The number of morpholine rings is 1. The summed E-state index contributed by atoms with van der Waals surface area (Å²) in [7, 11) is 0. The van der Waals surface area contributed by atoms with E-state index in [1.807, 2.05) is 6.07 Å². The summed E-state index contributed by atoms with van der Waals surface area (Å²) in [6, 6.07) is 8.75. The van der Waals surface area contributed by atoms with Crippen molar-refractivity contribution in [2.45, 2.75) is 6.42 Å². The number of hydrazine groups is 1. The first-order valence-corrected chi connectivity index (χ1v) is 8.96. The molecule has 9 heteroatoms. The predicted octanol–water partition coefficient (Wildman–Crippen LogP) is -1.26. The van der Waals surface area contributed by atoms with Crippen LogP contribution in [0.1, 0.15) is 12.0 Å². The van der Waals surface area contributed by atoms with Gasteiger partial charge in [0.25, 0.3) is 5.91 Å². The lowest BCUT2D eigenvalue weighted by Gasteiger charge is -2.23. The number of ether oxygens (including phenoxy) is 2. The Morgan fingerprint density at radius 2 is 2.08 bits per heavy atom. The second kappa shape index (κ2) is 11.3. The molecule has 0 spiro atoms. The lowest BCUT2D eigenvalue weighted by molar-refractivity contribution is -0.908. The van der Waals surface area contributed by atoms with Crippen molar-refractivity contribution in [2.24, 2.45) is 0 Å². The summed E-state index contributed by atoms with van der Waals surface area (Å²) in [6.45, 7) is 5.34. The van der Waals surface area contributed by atoms with E-state index < -0.39 is 0 Å². The molecule has 1 amide bonds. The van der Waals surface area contributed by atoms with Crippen molar-refractivity contribution >= 4 is 23.2 Å². The molecule has 140 valence electrons. The Hall–Kier alpha value is -2.41. The molecule has 1 aliphatic rings. The molecule has 0 atom stereocenters. The zero-order chi connectivity index (χ0) is 18.6. The van der Waals surface area contributed by atoms with E-state index in [-0.39, 0.29) is 12.5 Å². The molecule has 26 heavy (non-hydrogen) atoms. The van der Waals surface area contributed by atoms with E-state index in [1.165, 1.54) is 0 Å². The fraction of sp³-hybridized carbons (Fsp3) is 0.471. The van der Waals surface area contributed by atoms with Crippen LogP contribution >= 0.6 is 12.2 Å². The van der Waals surface area contributed by atoms with Crippen molar-refractivity contribution in [1.82, 2.24) is 16.2 Å². The maximum Gasteiger partial charge on any atom is 0.276 e. The van der Waals surface area contributed by atoms with Gasteiger partial charge in [0.05, 0.1) is 25.3 Å². The van der Waals surface area contributed by atoms with Crippen molar-refractivity contribution in [2.75, 3.05) is 46.0 Å². The molecule has 1 aromatic carbocycles. The molecule has 0 radical (unpaired) electrons. The van der Waals surface area contributed by atoms with Crippen molar-refractivity contribution in [3.63, 3.8) is 0 Å². The van der Waals surface area contributed by atoms with Gasteiger partial charge in [-0.25, -0.2) is 0 Å². The summed E-state index contributed by atoms with van der Waals surface area (Å²) in [4.78, 5) is 13.3. The minimum Gasteiger partial charge on any atom is -0.482 e. The fourth-order valence-corrected chi connectivity index (χ4v) is 2.64. The number of benzene rings is 1. The number of hydrogen-bond donors (Lipinski definition) is 4. The van der Waals surface area contributed by atoms with Gasteiger partial charge in [-0.05, 0) is 24.4 Å². The molecule has 0 saturated carbocycles. The summed E-state index contributed by atoms with van der Waals surface area (Å²) < 4.78 is 10.7. The van der Waals surface area contributed by atoms with E-state index in [4.69, 9.17) is 27.0 Å². The molecule has 1 aliphatic heterocycles. The van der Waals surface area contributed by atoms with Crippen LogP contribution in [-0.4, -0.2) is 57.0 Å². The third kappa shape index (κ3) is 7.23. The molecule has 1 aromatic rings. The molecular formula is C17H24N5O3S+. The van der Waals surface area contributed by atoms with Crippen LogP contribution in [0.5, 0.6) is 5.75 Å². The van der Waals surface area contributed by atoms with E-state index in [0.29, 0.717) is 16.4 Å². The Morgan fingerprint density at radius 3 is 2.85 bits per heavy atom. The van der Waals surface area contributed by atoms with Gasteiger partial charge < -0.3 is 19.7 Å². The summed E-state index contributed by atoms with van der Waals surface area (Å²) in [5.41, 5.74) is 5.48. The minimum atomic E-state index is -0.389. The number of rotatable bonds is 7. The molecule has 2 rings (SSSR count). The van der Waals surface area contributed by atoms with Crippen molar-refractivity contribution in [3.05, 3.63) is 29.8 Å². The van der Waals surface area contributed by atoms with Gasteiger partial charge in [0.1, 0.15) is 24.9 Å². The smallest absolute Gasteiger partial charge is 0.276 e. The maximum atomic E-state index is 11.8. The quantitative estimate of drug-likeness (QED) is 0.267. The van der Waals surface area contributed by atoms with Crippen LogP contribution in [0, 0.1) is 11.3 Å². The normalized spacial score (nSPS) is 14.1. The van der Waals surface area contributed by atoms with E-state index in [2.05, 4.69) is 16.2 Å². The monoisotopic (exact) mass is 378 g/mol. The number of carbonyl (C=O) groups excluding carboxylic acids is 1. The number of nitrogens with zero attached hydrogens (tertiary/aromatic N) is 1. The lowest BCUT2D eigenvalue weighted by atomic mass is 10.2. The molecule has 8 nitrogen and oxygen atoms in total. The highest BCUT2D eigenvalue weighted by atomic mass is 32.1. The van der Waals surface area contributed by atoms with Gasteiger partial charge in [-0.15, -0.1) is 0 Å². The Kier molecular flexibility index (Phi) is 8.62. The first-order valence-electron chi connectivity index (χ1n) is 8.55. The van der Waals surface area contributed by atoms with Gasteiger partial charge in [0.15, 0.2) is 11.7 Å². The predicted molar refractivity (Wildman–Crippen MR) is 99.5 cm³/mol. The summed E-state index contributed by atoms with van der Waals surface area (Å²) in [5, 5.41) is 12.4. The molecule has 0 bridgehead atoms. The first kappa shape index (κ1) is 19.9. The highest BCUT2D eigenvalue weighted by molar-refractivity contribution is 7.80. The van der Waals surface area contributed by atoms with E-state index in [9.17, 15) is 4.79 Å². The zero-order valence-electron chi connectivity index (χ0n) is 14.5. The van der Waals surface area contributed by atoms with Crippen LogP contribution in [-0.2, 0) is 9.53 Å². The highest BCUT2D eigenvalue weighted by Crippen LogP contribution is 2.15. The van der Waals surface area contributed by atoms with Crippen LogP contribution in [0.3, 0.4) is 0 Å². The molecule has 4 N–H and O–H groups in total. The average molecular weight is 378 g/mol. The number of nitriles is 1. The largest absolute Gasteiger partial charge is 0.482 e. The van der Waals surface area contributed by atoms with Crippen molar-refractivity contribution in [3.8, 4) is 11.8 Å². The van der Waals surface area contributed by atoms with Gasteiger partial charge in [-0.3, -0.25) is 15.6 Å². The number of thiocarbonyl (C=S) groups is 1. The van der Waals surface area contributed by atoms with Gasteiger partial charge in [-0.2, -0.15) is 5.26 Å². The number of nitrogens with one attached hydrogen (secondary N) is 4. The molecule has 1 saturated heterocycles. The third-order valence-electron chi connectivity index (χ3n) is 3.87. The van der Waals surface area contributed by atoms with E-state index in [0.717, 1.165) is 45.8 Å². The van der Waals surface area contributed by atoms with Crippen LogP contribution in [0.2, 0.25) is 0 Å². The second-order valence-electron chi connectivity index (χ2n) is 5.79. The molecule has 1 heterocycles. The van der Waals surface area contributed by atoms with Crippen LogP contribution in [0.4, 0.5) is 0 Å². The van der Waals surface area contributed by atoms with E-state index in [1.54, 1.807) is 29.2 Å². The standard InChI is InChI=1S/C17H23N5O3S/c18-12-14-4-1-2-5-15(14)25-13-16(23)20-21-17(26)19-6-3-7-22-8-10-24-11-9-22/h1-2,4-5H,3,6-11,13H2,(H,20,23)(H2,19,21,26)/p+1. The lowest BCUT2D eigenvalue weighted by Crippen LogP contribution is -3.14. The second-order valence-corrected chi connectivity index (χ2v) is 6.20. The average Bonchev–Trinajstić information content (AvgIpc) is 2.69. The third-order valence-corrected chi connectivity index (χ3v) is 4.12. The number of quaternary nitrogens is 1. The van der Waals surface area contributed by atoms with E-state index >= 15 is 0 Å². The van der Waals surface area contributed by atoms with Crippen LogP contribution in [0.25, 0.3) is 0 Å². The molecular weight excluding hydrogens is 354 g/mol. The SMILES string of the molecule is N#Cc1ccccc1OCC(=O)NNC(=S)NCCC[NH+]1CCOCC1. The number of carbonyl (C=O) groups is 1. The Morgan fingerprint density at radius 1 is 1.31 bits per heavy atom. The number of hydrogen-bond acceptors (Lipinski definition) is 5. The van der Waals surface area contributed by atoms with Gasteiger partial charge >= 0.3 is 0 Å². The van der Waals surface area contributed by atoms with Crippen LogP contribution < -0.4 is 25.8 Å². The molecule has 1 fully saturated rings. The highest BCUT2D eigenvalue weighted by Gasteiger charge is 2.12. The Balaban J connectivity index is 1.55. The number of amides is 1. The van der Waals surface area contributed by atoms with Gasteiger partial charge in [0, 0.05) is 13.0 Å². The first-order chi connectivity index (χ1) is 12.7. The number of para-hydroxylation sites is 1. The van der Waals surface area contributed by atoms with Crippen molar-refractivity contribution < 1.29 is 19.2 Å². The Bertz CT molecular complexity index is 644. The summed E-state index contributed by atoms with van der Waals surface area (Å²) in [5.74, 6) is -0.0175. The van der Waals surface area contributed by atoms with Gasteiger partial charge in [0.2, 0.25) is 0 Å². The topological polar surface area (TPSA) is 99.8 Å². The summed E-state index contributed by atoms with van der Waals surface area (Å²) >= 11 is 5.11. The maximum absolute atomic E-state index is 11.8. The van der Waals surface area contributed by atoms with Gasteiger partial charge in [-0.1, -0.05) is 12.1 Å². The minimum absolute atomic E-state index is 0.214. The molecule has 0 aliphatic carbocycles. The Labute approximate surface area is 158 Å².